The zero-order valence-electron chi connectivity index (χ0n) is 10.5. The van der Waals surface area contributed by atoms with Crippen molar-refractivity contribution in [2.24, 2.45) is 5.14 Å². The van der Waals surface area contributed by atoms with Crippen LogP contribution in [0.4, 0.5) is 5.69 Å². The molecule has 1 rings (SSSR count). The summed E-state index contributed by atoms with van der Waals surface area (Å²) in [7, 11) is -7.50. The molecular weight excluding hydrogens is 312 g/mol. The molecule has 3 N–H and O–H groups in total. The van der Waals surface area contributed by atoms with Crippen molar-refractivity contribution in [3.8, 4) is 0 Å². The summed E-state index contributed by atoms with van der Waals surface area (Å²) in [5.74, 6) is -0.311. The van der Waals surface area contributed by atoms with Crippen LogP contribution in [0.3, 0.4) is 0 Å². The van der Waals surface area contributed by atoms with Gasteiger partial charge in [0.1, 0.15) is 0 Å². The minimum absolute atomic E-state index is 0.0533. The van der Waals surface area contributed by atoms with Crippen molar-refractivity contribution in [2.45, 2.75) is 18.7 Å². The molecule has 0 aliphatic rings. The van der Waals surface area contributed by atoms with Crippen molar-refractivity contribution in [2.75, 3.05) is 16.4 Å². The number of benzene rings is 1. The average Bonchev–Trinajstić information content (AvgIpc) is 2.22. The van der Waals surface area contributed by atoms with Crippen molar-refractivity contribution in [1.82, 2.24) is 0 Å². The maximum atomic E-state index is 11.6. The van der Waals surface area contributed by atoms with Gasteiger partial charge in [-0.25, -0.2) is 22.0 Å². The molecule has 0 saturated heterocycles. The number of nitrogens with two attached hydrogens (primary N) is 1. The lowest BCUT2D eigenvalue weighted by Crippen LogP contribution is -2.19. The van der Waals surface area contributed by atoms with Crippen molar-refractivity contribution >= 4 is 37.3 Å². The van der Waals surface area contributed by atoms with Crippen molar-refractivity contribution in [3.63, 3.8) is 0 Å². The van der Waals surface area contributed by atoms with Gasteiger partial charge in [-0.1, -0.05) is 0 Å². The van der Waals surface area contributed by atoms with Gasteiger partial charge in [-0.15, -0.1) is 11.6 Å². The number of aryl methyl sites for hydroxylation is 1. The fraction of sp³-hybridized carbons (Fsp3) is 0.400. The minimum Gasteiger partial charge on any atom is -0.283 e. The van der Waals surface area contributed by atoms with E-state index >= 15 is 0 Å². The van der Waals surface area contributed by atoms with Crippen LogP contribution in [-0.4, -0.2) is 28.5 Å². The third-order valence-electron chi connectivity index (χ3n) is 2.58. The molecule has 9 heteroatoms. The van der Waals surface area contributed by atoms with E-state index in [0.717, 1.165) is 0 Å². The third kappa shape index (κ3) is 4.34. The van der Waals surface area contributed by atoms with Crippen LogP contribution in [0.25, 0.3) is 0 Å². The van der Waals surface area contributed by atoms with E-state index in [0.29, 0.717) is 11.1 Å². The third-order valence-corrected chi connectivity index (χ3v) is 5.16. The Hall–Kier alpha value is -0.830. The molecule has 0 unspecified atom stereocenters. The summed E-state index contributed by atoms with van der Waals surface area (Å²) in [4.78, 5) is -0.140. The smallest absolute Gasteiger partial charge is 0.238 e. The normalized spacial score (nSPS) is 12.4. The zero-order valence-corrected chi connectivity index (χ0v) is 12.9. The molecule has 1 aromatic rings. The molecule has 6 nitrogen and oxygen atoms in total. The number of hydrogen-bond donors (Lipinski definition) is 2. The first-order valence-corrected chi connectivity index (χ1v) is 9.00. The zero-order chi connectivity index (χ0) is 14.8. The first-order chi connectivity index (χ1) is 8.57. The summed E-state index contributed by atoms with van der Waals surface area (Å²) in [5.41, 5.74) is 1.44. The molecule has 0 radical (unpaired) electrons. The van der Waals surface area contributed by atoms with Gasteiger partial charge in [-0.3, -0.25) is 4.72 Å². The maximum absolute atomic E-state index is 11.6. The number of alkyl halides is 1. The van der Waals surface area contributed by atoms with Gasteiger partial charge >= 0.3 is 0 Å². The molecule has 0 aliphatic heterocycles. The van der Waals surface area contributed by atoms with Crippen LogP contribution >= 0.6 is 11.6 Å². The molecule has 1 aromatic carbocycles. The molecule has 0 aliphatic carbocycles. The summed E-state index contributed by atoms with van der Waals surface area (Å²) in [6, 6.07) is 2.59. The van der Waals surface area contributed by atoms with Crippen molar-refractivity contribution < 1.29 is 16.8 Å². The summed E-state index contributed by atoms with van der Waals surface area (Å²) in [6.07, 6.45) is 0. The van der Waals surface area contributed by atoms with Gasteiger partial charge in [0, 0.05) is 5.88 Å². The van der Waals surface area contributed by atoms with Crippen LogP contribution in [0.5, 0.6) is 0 Å². The van der Waals surface area contributed by atoms with Crippen molar-refractivity contribution in [1.29, 1.82) is 0 Å². The topological polar surface area (TPSA) is 106 Å². The quantitative estimate of drug-likeness (QED) is 0.785. The number of rotatable bonds is 5. The highest BCUT2D eigenvalue weighted by atomic mass is 35.5. The largest absolute Gasteiger partial charge is 0.283 e. The van der Waals surface area contributed by atoms with Crippen LogP contribution < -0.4 is 9.86 Å². The number of primary sulfonamides is 1. The van der Waals surface area contributed by atoms with Gasteiger partial charge in [0.25, 0.3) is 0 Å². The van der Waals surface area contributed by atoms with E-state index in [1.54, 1.807) is 13.8 Å². The molecule has 0 aromatic heterocycles. The summed E-state index contributed by atoms with van der Waals surface area (Å²) >= 11 is 5.39. The first kappa shape index (κ1) is 16.2. The average molecular weight is 327 g/mol. The van der Waals surface area contributed by atoms with Crippen LogP contribution in [-0.2, 0) is 20.0 Å². The second kappa shape index (κ2) is 5.66. The predicted molar refractivity (Wildman–Crippen MR) is 75.4 cm³/mol. The lowest BCUT2D eigenvalue weighted by atomic mass is 10.1. The Morgan fingerprint density at radius 2 is 1.79 bits per heavy atom. The fourth-order valence-corrected chi connectivity index (χ4v) is 3.50. The Morgan fingerprint density at radius 1 is 1.21 bits per heavy atom. The summed E-state index contributed by atoms with van der Waals surface area (Å²) in [6.45, 7) is 3.35. The molecule has 0 saturated carbocycles. The van der Waals surface area contributed by atoms with E-state index in [9.17, 15) is 16.8 Å². The van der Waals surface area contributed by atoms with Gasteiger partial charge in [0.15, 0.2) is 0 Å². The Labute approximate surface area is 118 Å². The van der Waals surface area contributed by atoms with E-state index in [4.69, 9.17) is 16.7 Å². The number of anilines is 1. The van der Waals surface area contributed by atoms with Gasteiger partial charge in [-0.05, 0) is 37.1 Å². The molecule has 0 atom stereocenters. The highest BCUT2D eigenvalue weighted by Gasteiger charge is 2.16. The Morgan fingerprint density at radius 3 is 2.26 bits per heavy atom. The maximum Gasteiger partial charge on any atom is 0.238 e. The number of sulfonamides is 2. The monoisotopic (exact) mass is 326 g/mol. The second-order valence-electron chi connectivity index (χ2n) is 4.07. The Kier molecular flexibility index (Phi) is 4.83. The van der Waals surface area contributed by atoms with Gasteiger partial charge in [0.05, 0.1) is 16.3 Å². The highest BCUT2D eigenvalue weighted by molar-refractivity contribution is 7.92. The Bertz CT molecular complexity index is 684. The molecule has 19 heavy (non-hydrogen) atoms. The van der Waals surface area contributed by atoms with E-state index in [1.807, 2.05) is 0 Å². The van der Waals surface area contributed by atoms with Crippen molar-refractivity contribution in [3.05, 3.63) is 23.3 Å². The molecular formula is C10H15ClN2O4S2. The molecule has 0 spiro atoms. The van der Waals surface area contributed by atoms with Crippen LogP contribution in [0.1, 0.15) is 11.1 Å². The van der Waals surface area contributed by atoms with Crippen LogP contribution in [0, 0.1) is 13.8 Å². The number of hydrogen-bond acceptors (Lipinski definition) is 4. The molecule has 0 bridgehead atoms. The number of nitrogens with one attached hydrogen (secondary N) is 1. The SMILES string of the molecule is Cc1cc(S(N)(=O)=O)cc(NS(=O)(=O)CCCl)c1C. The van der Waals surface area contributed by atoms with Crippen LogP contribution in [0.15, 0.2) is 17.0 Å². The molecule has 0 fully saturated rings. The number of halogens is 1. The first-order valence-electron chi connectivity index (χ1n) is 5.27. The van der Waals surface area contributed by atoms with E-state index < -0.39 is 20.0 Å². The van der Waals surface area contributed by atoms with Gasteiger partial charge in [-0.2, -0.15) is 0 Å². The van der Waals surface area contributed by atoms with E-state index in [-0.39, 0.29) is 22.2 Å². The molecule has 0 heterocycles. The predicted octanol–water partition coefficient (Wildman–Crippen LogP) is 0.931. The summed E-state index contributed by atoms with van der Waals surface area (Å²) in [5, 5.41) is 5.04. The van der Waals surface area contributed by atoms with Crippen LogP contribution in [0.2, 0.25) is 0 Å². The lowest BCUT2D eigenvalue weighted by Gasteiger charge is -2.13. The molecule has 0 amide bonds. The molecule has 108 valence electrons. The summed E-state index contributed by atoms with van der Waals surface area (Å²) < 4.78 is 48.2. The standard InChI is InChI=1S/C10H15ClN2O4S2/c1-7-5-9(19(12,16)17)6-10(8(7)2)13-18(14,15)4-3-11/h5-6,13H,3-4H2,1-2H3,(H2,12,16,17). The second-order valence-corrected chi connectivity index (χ2v) is 7.85. The van der Waals surface area contributed by atoms with E-state index in [2.05, 4.69) is 4.72 Å². The fourth-order valence-electron chi connectivity index (χ4n) is 1.42. The lowest BCUT2D eigenvalue weighted by molar-refractivity contribution is 0.596. The van der Waals surface area contributed by atoms with Gasteiger partial charge < -0.3 is 0 Å². The highest BCUT2D eigenvalue weighted by Crippen LogP contribution is 2.24. The Balaban J connectivity index is 3.33. The van der Waals surface area contributed by atoms with Gasteiger partial charge in [0.2, 0.25) is 20.0 Å². The van der Waals surface area contributed by atoms with E-state index in [1.165, 1.54) is 12.1 Å². The minimum atomic E-state index is -3.89.